The van der Waals surface area contributed by atoms with Crippen LogP contribution in [-0.4, -0.2) is 40.9 Å². The second-order valence-corrected chi connectivity index (χ2v) is 5.62. The Labute approximate surface area is 123 Å². The van der Waals surface area contributed by atoms with Gasteiger partial charge in [-0.1, -0.05) is 13.3 Å². The van der Waals surface area contributed by atoms with Crippen molar-refractivity contribution in [2.24, 2.45) is 11.7 Å². The number of carbonyl (C=O) groups is 1. The number of rotatable bonds is 5. The zero-order valence-electron chi connectivity index (χ0n) is 12.3. The minimum absolute atomic E-state index is 0.00565. The lowest BCUT2D eigenvalue weighted by atomic mass is 9.88. The van der Waals surface area contributed by atoms with E-state index in [9.17, 15) is 13.6 Å². The Hall–Kier alpha value is -1.43. The van der Waals surface area contributed by atoms with Gasteiger partial charge in [0.05, 0.1) is 6.54 Å². The van der Waals surface area contributed by atoms with Crippen molar-refractivity contribution < 1.29 is 13.6 Å². The zero-order valence-corrected chi connectivity index (χ0v) is 12.3. The molecule has 1 aromatic rings. The number of carbonyl (C=O) groups excluding carboxylic acids is 1. The van der Waals surface area contributed by atoms with Crippen LogP contribution in [0, 0.1) is 5.92 Å². The van der Waals surface area contributed by atoms with Crippen molar-refractivity contribution in [2.45, 2.75) is 45.2 Å². The highest BCUT2D eigenvalue weighted by atomic mass is 19.3. The van der Waals surface area contributed by atoms with Crippen molar-refractivity contribution in [3.05, 3.63) is 24.0 Å². The average molecular weight is 299 g/mol. The third kappa shape index (κ3) is 3.61. The lowest BCUT2D eigenvalue weighted by molar-refractivity contribution is 0.0541. The Bertz CT molecular complexity index is 475. The summed E-state index contributed by atoms with van der Waals surface area (Å²) in [6, 6.07) is 3.24. The number of nitrogens with zero attached hydrogens (tertiary/aromatic N) is 2. The van der Waals surface area contributed by atoms with Gasteiger partial charge >= 0.3 is 0 Å². The molecule has 1 saturated heterocycles. The van der Waals surface area contributed by atoms with Crippen LogP contribution in [-0.2, 0) is 6.54 Å². The predicted molar refractivity (Wildman–Crippen MR) is 77.3 cm³/mol. The molecule has 1 fully saturated rings. The van der Waals surface area contributed by atoms with Crippen LogP contribution < -0.4 is 5.73 Å². The first-order chi connectivity index (χ1) is 10.1. The highest BCUT2D eigenvalue weighted by molar-refractivity contribution is 5.93. The minimum Gasteiger partial charge on any atom is -0.338 e. The number of piperidine rings is 1. The fraction of sp³-hybridized carbons (Fsp3) is 0.667. The summed E-state index contributed by atoms with van der Waals surface area (Å²) in [5.74, 6) is 0.404. The molecule has 118 valence electrons. The van der Waals surface area contributed by atoms with E-state index in [0.29, 0.717) is 24.7 Å². The number of aromatic nitrogens is 1. The fourth-order valence-corrected chi connectivity index (χ4v) is 3.06. The molecule has 2 N–H and O–H groups in total. The van der Waals surface area contributed by atoms with E-state index in [4.69, 9.17) is 5.73 Å². The third-order valence-electron chi connectivity index (χ3n) is 4.32. The minimum atomic E-state index is -2.47. The Kier molecular flexibility index (Phi) is 5.33. The monoisotopic (exact) mass is 299 g/mol. The van der Waals surface area contributed by atoms with Crippen LogP contribution in [0.25, 0.3) is 0 Å². The molecule has 2 heterocycles. The number of amides is 1. The van der Waals surface area contributed by atoms with Crippen LogP contribution in [0.3, 0.4) is 0 Å². The largest absolute Gasteiger partial charge is 0.338 e. The maximum atomic E-state index is 12.6. The predicted octanol–water partition coefficient (Wildman–Crippen LogP) is 2.34. The molecule has 0 spiro atoms. The quantitative estimate of drug-likeness (QED) is 0.907. The Morgan fingerprint density at radius 1 is 1.52 bits per heavy atom. The van der Waals surface area contributed by atoms with Gasteiger partial charge in [-0.05, 0) is 30.9 Å². The average Bonchev–Trinajstić information content (AvgIpc) is 2.93. The van der Waals surface area contributed by atoms with E-state index in [2.05, 4.69) is 6.92 Å². The Balaban J connectivity index is 2.14. The highest BCUT2D eigenvalue weighted by Crippen LogP contribution is 2.26. The van der Waals surface area contributed by atoms with Crippen molar-refractivity contribution in [3.63, 3.8) is 0 Å². The summed E-state index contributed by atoms with van der Waals surface area (Å²) < 4.78 is 26.4. The summed E-state index contributed by atoms with van der Waals surface area (Å²) in [5, 5.41) is 0. The maximum Gasteiger partial charge on any atom is 0.270 e. The molecular formula is C15H23F2N3O. The molecule has 0 radical (unpaired) electrons. The van der Waals surface area contributed by atoms with E-state index >= 15 is 0 Å². The van der Waals surface area contributed by atoms with Gasteiger partial charge in [-0.3, -0.25) is 4.79 Å². The van der Waals surface area contributed by atoms with Gasteiger partial charge < -0.3 is 15.2 Å². The van der Waals surface area contributed by atoms with Gasteiger partial charge in [-0.25, -0.2) is 8.78 Å². The molecular weight excluding hydrogens is 276 g/mol. The molecule has 1 aromatic heterocycles. The van der Waals surface area contributed by atoms with Crippen molar-refractivity contribution in [3.8, 4) is 0 Å². The van der Waals surface area contributed by atoms with Gasteiger partial charge in [0.25, 0.3) is 12.3 Å². The van der Waals surface area contributed by atoms with Gasteiger partial charge in [-0.15, -0.1) is 0 Å². The van der Waals surface area contributed by atoms with Crippen molar-refractivity contribution in [2.75, 3.05) is 13.1 Å². The second kappa shape index (κ2) is 7.02. The van der Waals surface area contributed by atoms with E-state index in [1.54, 1.807) is 17.0 Å². The van der Waals surface area contributed by atoms with E-state index in [0.717, 1.165) is 19.3 Å². The molecule has 2 unspecified atom stereocenters. The first kappa shape index (κ1) is 15.9. The normalized spacial score (nSPS) is 22.8. The van der Waals surface area contributed by atoms with Gasteiger partial charge in [0.1, 0.15) is 5.69 Å². The van der Waals surface area contributed by atoms with E-state index in [1.807, 2.05) is 0 Å². The molecule has 2 rings (SSSR count). The van der Waals surface area contributed by atoms with Crippen LogP contribution >= 0.6 is 0 Å². The van der Waals surface area contributed by atoms with Crippen molar-refractivity contribution >= 4 is 5.91 Å². The maximum absolute atomic E-state index is 12.6. The summed E-state index contributed by atoms with van der Waals surface area (Å²) in [5.41, 5.74) is 6.12. The van der Waals surface area contributed by atoms with Crippen molar-refractivity contribution in [1.82, 2.24) is 9.47 Å². The van der Waals surface area contributed by atoms with Gasteiger partial charge in [0.2, 0.25) is 0 Å². The lowest BCUT2D eigenvalue weighted by Gasteiger charge is -2.39. The summed E-state index contributed by atoms with van der Waals surface area (Å²) in [6.45, 7) is 2.76. The number of alkyl halides is 2. The standard InChI is InChI=1S/C15H23F2N3O/c1-2-11-5-7-20(12(8-11)9-18)15(21)13-4-3-6-19(13)10-14(16)17/h3-4,6,11-12,14H,2,5,7-10,18H2,1H3. The molecule has 6 heteroatoms. The number of hydrogen-bond acceptors (Lipinski definition) is 2. The smallest absolute Gasteiger partial charge is 0.270 e. The second-order valence-electron chi connectivity index (χ2n) is 5.62. The molecule has 2 atom stereocenters. The fourth-order valence-electron chi connectivity index (χ4n) is 3.06. The first-order valence-electron chi connectivity index (χ1n) is 7.51. The molecule has 1 amide bonds. The van der Waals surface area contributed by atoms with Crippen LogP contribution in [0.5, 0.6) is 0 Å². The number of likely N-dealkylation sites (tertiary alicyclic amines) is 1. The molecule has 21 heavy (non-hydrogen) atoms. The molecule has 0 aliphatic carbocycles. The highest BCUT2D eigenvalue weighted by Gasteiger charge is 2.31. The van der Waals surface area contributed by atoms with Gasteiger partial charge in [0, 0.05) is 25.3 Å². The Morgan fingerprint density at radius 3 is 2.90 bits per heavy atom. The van der Waals surface area contributed by atoms with Crippen LogP contribution in [0.4, 0.5) is 8.78 Å². The summed E-state index contributed by atoms with van der Waals surface area (Å²) >= 11 is 0. The lowest BCUT2D eigenvalue weighted by Crippen LogP contribution is -2.50. The summed E-state index contributed by atoms with van der Waals surface area (Å²) in [6.07, 6.45) is 1.98. The zero-order chi connectivity index (χ0) is 15.4. The topological polar surface area (TPSA) is 51.3 Å². The number of hydrogen-bond donors (Lipinski definition) is 1. The van der Waals surface area contributed by atoms with E-state index < -0.39 is 13.0 Å². The van der Waals surface area contributed by atoms with Crippen LogP contribution in [0.15, 0.2) is 18.3 Å². The summed E-state index contributed by atoms with van der Waals surface area (Å²) in [7, 11) is 0. The molecule has 0 bridgehead atoms. The number of nitrogens with two attached hydrogens (primary N) is 1. The Morgan fingerprint density at radius 2 is 2.29 bits per heavy atom. The van der Waals surface area contributed by atoms with Crippen LogP contribution in [0.2, 0.25) is 0 Å². The van der Waals surface area contributed by atoms with E-state index in [1.165, 1.54) is 10.8 Å². The molecule has 0 aromatic carbocycles. The van der Waals surface area contributed by atoms with Gasteiger partial charge in [-0.2, -0.15) is 0 Å². The van der Waals surface area contributed by atoms with Crippen LogP contribution in [0.1, 0.15) is 36.7 Å². The molecule has 0 saturated carbocycles. The number of halogens is 2. The molecule has 1 aliphatic heterocycles. The van der Waals surface area contributed by atoms with Crippen molar-refractivity contribution in [1.29, 1.82) is 0 Å². The summed E-state index contributed by atoms with van der Waals surface area (Å²) in [4.78, 5) is 14.4. The third-order valence-corrected chi connectivity index (χ3v) is 4.32. The van der Waals surface area contributed by atoms with Gasteiger partial charge in [0.15, 0.2) is 0 Å². The SMILES string of the molecule is CCC1CCN(C(=O)c2cccn2CC(F)F)C(CN)C1. The molecule has 4 nitrogen and oxygen atoms in total. The van der Waals surface area contributed by atoms with E-state index in [-0.39, 0.29) is 11.9 Å². The first-order valence-corrected chi connectivity index (χ1v) is 7.51. The molecule has 1 aliphatic rings.